The van der Waals surface area contributed by atoms with Crippen LogP contribution in [0.5, 0.6) is 0 Å². The van der Waals surface area contributed by atoms with E-state index < -0.39 is 6.10 Å². The average molecular weight is 245 g/mol. The van der Waals surface area contributed by atoms with Crippen molar-refractivity contribution < 1.29 is 14.9 Å². The minimum Gasteiger partial charge on any atom is -0.394 e. The van der Waals surface area contributed by atoms with Gasteiger partial charge in [0.25, 0.3) is 0 Å². The molecule has 0 aliphatic rings. The van der Waals surface area contributed by atoms with Gasteiger partial charge in [-0.25, -0.2) is 0 Å². The van der Waals surface area contributed by atoms with Crippen LogP contribution in [0.2, 0.25) is 0 Å². The van der Waals surface area contributed by atoms with Gasteiger partial charge in [-0.2, -0.15) is 0 Å². The van der Waals surface area contributed by atoms with Crippen molar-refractivity contribution in [2.75, 3.05) is 33.4 Å². The second-order valence-electron chi connectivity index (χ2n) is 3.64. The Morgan fingerprint density at radius 3 is 2.94 bits per heavy atom. The molecule has 0 aliphatic carbocycles. The van der Waals surface area contributed by atoms with E-state index in [1.54, 1.807) is 18.4 Å². The van der Waals surface area contributed by atoms with Crippen molar-refractivity contribution in [3.63, 3.8) is 0 Å². The quantitative estimate of drug-likeness (QED) is 0.702. The smallest absolute Gasteiger partial charge is 0.0897 e. The summed E-state index contributed by atoms with van der Waals surface area (Å²) >= 11 is 1.69. The van der Waals surface area contributed by atoms with Gasteiger partial charge >= 0.3 is 0 Å². The second-order valence-corrected chi connectivity index (χ2v) is 4.68. The molecule has 1 atom stereocenters. The molecule has 0 saturated heterocycles. The van der Waals surface area contributed by atoms with Crippen LogP contribution in [-0.4, -0.2) is 54.6 Å². The highest BCUT2D eigenvalue weighted by Gasteiger charge is 2.11. The van der Waals surface area contributed by atoms with Crippen molar-refractivity contribution >= 4 is 11.3 Å². The van der Waals surface area contributed by atoms with Gasteiger partial charge in [0, 0.05) is 31.6 Å². The maximum Gasteiger partial charge on any atom is 0.0897 e. The number of nitrogens with zero attached hydrogens (tertiary/aromatic N) is 1. The van der Waals surface area contributed by atoms with Crippen LogP contribution in [0.1, 0.15) is 4.88 Å². The van der Waals surface area contributed by atoms with E-state index in [9.17, 15) is 5.11 Å². The van der Waals surface area contributed by atoms with Gasteiger partial charge in [0.15, 0.2) is 0 Å². The zero-order chi connectivity index (χ0) is 11.8. The van der Waals surface area contributed by atoms with Crippen molar-refractivity contribution in [1.82, 2.24) is 4.90 Å². The average Bonchev–Trinajstić information content (AvgIpc) is 2.78. The number of aliphatic hydroxyl groups is 2. The molecule has 5 heteroatoms. The third kappa shape index (κ3) is 5.05. The van der Waals surface area contributed by atoms with Gasteiger partial charge in [0.1, 0.15) is 0 Å². The van der Waals surface area contributed by atoms with Crippen molar-refractivity contribution in [1.29, 1.82) is 0 Å². The topological polar surface area (TPSA) is 52.9 Å². The van der Waals surface area contributed by atoms with Crippen molar-refractivity contribution in [3.8, 4) is 0 Å². The summed E-state index contributed by atoms with van der Waals surface area (Å²) in [6, 6.07) is 4.08. The zero-order valence-electron chi connectivity index (χ0n) is 9.50. The first kappa shape index (κ1) is 13.6. The number of aliphatic hydroxyl groups excluding tert-OH is 2. The predicted molar refractivity (Wildman–Crippen MR) is 64.6 cm³/mol. The fraction of sp³-hybridized carbons (Fsp3) is 0.636. The molecule has 0 amide bonds. The van der Waals surface area contributed by atoms with Gasteiger partial charge in [-0.1, -0.05) is 6.07 Å². The fourth-order valence-corrected chi connectivity index (χ4v) is 2.18. The Bertz CT molecular complexity index is 266. The monoisotopic (exact) mass is 245 g/mol. The largest absolute Gasteiger partial charge is 0.394 e. The van der Waals surface area contributed by atoms with E-state index in [-0.39, 0.29) is 6.61 Å². The normalized spacial score (nSPS) is 13.2. The van der Waals surface area contributed by atoms with E-state index in [0.717, 1.165) is 13.1 Å². The minimum absolute atomic E-state index is 0.200. The molecule has 92 valence electrons. The molecule has 2 N–H and O–H groups in total. The highest BCUT2D eigenvalue weighted by Crippen LogP contribution is 2.11. The van der Waals surface area contributed by atoms with E-state index >= 15 is 0 Å². The van der Waals surface area contributed by atoms with Crippen LogP contribution in [0.4, 0.5) is 0 Å². The molecule has 0 spiro atoms. The van der Waals surface area contributed by atoms with Gasteiger partial charge in [-0.05, 0) is 11.4 Å². The number of hydrogen-bond donors (Lipinski definition) is 2. The van der Waals surface area contributed by atoms with Crippen LogP contribution >= 0.6 is 11.3 Å². The van der Waals surface area contributed by atoms with Crippen LogP contribution in [0.25, 0.3) is 0 Å². The predicted octanol–water partition coefficient (Wildman–Crippen LogP) is 0.550. The molecule has 0 unspecified atom stereocenters. The summed E-state index contributed by atoms with van der Waals surface area (Å²) in [4.78, 5) is 3.33. The number of rotatable bonds is 8. The molecule has 1 aromatic heterocycles. The second kappa shape index (κ2) is 7.76. The van der Waals surface area contributed by atoms with E-state index in [1.807, 2.05) is 11.4 Å². The van der Waals surface area contributed by atoms with Gasteiger partial charge in [-0.3, -0.25) is 4.90 Å². The highest BCUT2D eigenvalue weighted by atomic mass is 32.1. The summed E-state index contributed by atoms with van der Waals surface area (Å²) < 4.78 is 5.02. The molecule has 0 fully saturated rings. The minimum atomic E-state index is -0.684. The summed E-state index contributed by atoms with van der Waals surface area (Å²) in [5.41, 5.74) is 0. The molecular formula is C11H19NO3S. The molecule has 0 aromatic carbocycles. The lowest BCUT2D eigenvalue weighted by molar-refractivity contribution is 0.0472. The van der Waals surface area contributed by atoms with E-state index in [1.165, 1.54) is 4.88 Å². The van der Waals surface area contributed by atoms with Crippen LogP contribution in [0.3, 0.4) is 0 Å². The molecule has 1 heterocycles. The molecule has 0 radical (unpaired) electrons. The van der Waals surface area contributed by atoms with E-state index in [4.69, 9.17) is 9.84 Å². The lowest BCUT2D eigenvalue weighted by Crippen LogP contribution is -2.35. The Kier molecular flexibility index (Phi) is 6.59. The first-order valence-electron chi connectivity index (χ1n) is 5.29. The number of hydrogen-bond acceptors (Lipinski definition) is 5. The number of methoxy groups -OCH3 is 1. The fourth-order valence-electron chi connectivity index (χ4n) is 1.43. The zero-order valence-corrected chi connectivity index (χ0v) is 10.3. The first-order valence-corrected chi connectivity index (χ1v) is 6.16. The Morgan fingerprint density at radius 1 is 1.56 bits per heavy atom. The number of thiophene rings is 1. The third-order valence-electron chi connectivity index (χ3n) is 2.25. The molecule has 0 aliphatic heterocycles. The van der Waals surface area contributed by atoms with Crippen molar-refractivity contribution in [3.05, 3.63) is 22.4 Å². The summed E-state index contributed by atoms with van der Waals surface area (Å²) in [6.45, 7) is 2.44. The van der Waals surface area contributed by atoms with Crippen LogP contribution in [0.15, 0.2) is 17.5 Å². The lowest BCUT2D eigenvalue weighted by atomic mass is 10.3. The number of ether oxygens (including phenoxy) is 1. The highest BCUT2D eigenvalue weighted by molar-refractivity contribution is 7.09. The van der Waals surface area contributed by atoms with E-state index in [0.29, 0.717) is 13.2 Å². The summed E-state index contributed by atoms with van der Waals surface area (Å²) in [7, 11) is 1.66. The molecule has 0 bridgehead atoms. The summed E-state index contributed by atoms with van der Waals surface area (Å²) in [5.74, 6) is 0. The molecule has 1 aromatic rings. The van der Waals surface area contributed by atoms with Gasteiger partial charge in [0.2, 0.25) is 0 Å². The maximum absolute atomic E-state index is 9.43. The van der Waals surface area contributed by atoms with Crippen LogP contribution < -0.4 is 0 Å². The van der Waals surface area contributed by atoms with Gasteiger partial charge in [0.05, 0.1) is 19.3 Å². The standard InChI is InChI=1S/C11H19NO3S/c1-15-5-4-12(7-10(14)9-13)8-11-3-2-6-16-11/h2-3,6,10,13-14H,4-5,7-9H2,1H3/t10-/m0/s1. The lowest BCUT2D eigenvalue weighted by Gasteiger charge is -2.23. The van der Waals surface area contributed by atoms with Crippen LogP contribution in [-0.2, 0) is 11.3 Å². The molecule has 16 heavy (non-hydrogen) atoms. The molecule has 4 nitrogen and oxygen atoms in total. The molecule has 0 saturated carbocycles. The van der Waals surface area contributed by atoms with E-state index in [2.05, 4.69) is 11.0 Å². The first-order chi connectivity index (χ1) is 7.76. The van der Waals surface area contributed by atoms with Crippen LogP contribution in [0, 0.1) is 0 Å². The Morgan fingerprint density at radius 2 is 2.38 bits per heavy atom. The SMILES string of the molecule is COCCN(Cc1cccs1)C[C@H](O)CO. The Balaban J connectivity index is 2.43. The van der Waals surface area contributed by atoms with Gasteiger partial charge < -0.3 is 14.9 Å². The Labute approximate surface area is 100 Å². The van der Waals surface area contributed by atoms with Gasteiger partial charge in [-0.15, -0.1) is 11.3 Å². The molecular weight excluding hydrogens is 226 g/mol. The van der Waals surface area contributed by atoms with Crippen molar-refractivity contribution in [2.45, 2.75) is 12.6 Å². The summed E-state index contributed by atoms with van der Waals surface area (Å²) in [6.07, 6.45) is -0.684. The van der Waals surface area contributed by atoms with Crippen molar-refractivity contribution in [2.24, 2.45) is 0 Å². The Hall–Kier alpha value is -0.460. The third-order valence-corrected chi connectivity index (χ3v) is 3.11. The summed E-state index contributed by atoms with van der Waals surface area (Å²) in [5, 5.41) is 20.3. The molecule has 1 rings (SSSR count). The maximum atomic E-state index is 9.43.